The molecule has 16 nitrogen and oxygen atoms in total. The summed E-state index contributed by atoms with van der Waals surface area (Å²) >= 11 is 0. The lowest BCUT2D eigenvalue weighted by Crippen LogP contribution is -2.59. The predicted octanol–water partition coefficient (Wildman–Crippen LogP) is 3.22. The van der Waals surface area contributed by atoms with Crippen LogP contribution in [0.1, 0.15) is 94.5 Å². The molecule has 1 unspecified atom stereocenters. The Kier molecular flexibility index (Phi) is 13.3. The van der Waals surface area contributed by atoms with Crippen LogP contribution in [0.15, 0.2) is 30.9 Å². The number of ether oxygens (including phenoxy) is 2. The van der Waals surface area contributed by atoms with Gasteiger partial charge < -0.3 is 30.1 Å². The van der Waals surface area contributed by atoms with E-state index in [0.717, 1.165) is 24.2 Å². The Bertz CT molecular complexity index is 1650. The standard InChI is InChI=1S/C35H49N5O11S/c1-5-11-26(29(41)39-52(48,49)24-14-15-24)37-30(42)27-19-23-20-40(27)31(43)28(35(2,3)4)38-33(46)50-17-10-8-6-7-9-12-21-18-22(36-34(47)51-23)13-16-25(21)32(44)45/h5,13,16,18,23-24,26-28H,1,6-12,14-15,17,19-20H2,2-4H3,(H,36,47)(H,37,42)(H,38,46)(H,39,41)(H,44,45)/t23-,26?,27+,28-/m1/s1. The van der Waals surface area contributed by atoms with Crippen LogP contribution in [0.4, 0.5) is 15.3 Å². The largest absolute Gasteiger partial charge is 0.478 e. The number of benzene rings is 1. The van der Waals surface area contributed by atoms with Crippen LogP contribution in [0.3, 0.4) is 0 Å². The predicted molar refractivity (Wildman–Crippen MR) is 189 cm³/mol. The van der Waals surface area contributed by atoms with E-state index in [2.05, 4.69) is 22.5 Å². The molecule has 0 radical (unpaired) electrons. The van der Waals surface area contributed by atoms with E-state index in [1.807, 2.05) is 4.72 Å². The van der Waals surface area contributed by atoms with Crippen molar-refractivity contribution in [1.29, 1.82) is 0 Å². The van der Waals surface area contributed by atoms with E-state index in [1.165, 1.54) is 18.2 Å². The zero-order chi connectivity index (χ0) is 38.2. The minimum absolute atomic E-state index is 0.101. The maximum Gasteiger partial charge on any atom is 0.411 e. The van der Waals surface area contributed by atoms with Crippen molar-refractivity contribution in [3.8, 4) is 0 Å². The molecule has 4 atom stereocenters. The molecule has 1 saturated carbocycles. The molecule has 4 rings (SSSR count). The number of carbonyl (C=O) groups excluding carboxylic acids is 5. The maximum absolute atomic E-state index is 14.2. The number of rotatable bonds is 8. The first-order valence-corrected chi connectivity index (χ1v) is 19.1. The summed E-state index contributed by atoms with van der Waals surface area (Å²) in [7, 11) is -3.93. The molecule has 1 saturated heterocycles. The van der Waals surface area contributed by atoms with Gasteiger partial charge in [0.25, 0.3) is 5.91 Å². The molecule has 2 fully saturated rings. The zero-order valence-electron chi connectivity index (χ0n) is 29.8. The SMILES string of the molecule is C=CCC(NC(=O)[C@@H]1C[C@@H]2CN1C(=O)[C@H](C(C)(C)C)NC(=O)OCCCCCCCc1cc(ccc1C(=O)O)NC(=O)O2)C(=O)NS(=O)(=O)C1CC1. The van der Waals surface area contributed by atoms with Crippen LogP contribution < -0.4 is 20.7 Å². The maximum atomic E-state index is 14.2. The molecule has 286 valence electrons. The third-order valence-electron chi connectivity index (χ3n) is 9.14. The number of anilines is 1. The van der Waals surface area contributed by atoms with Crippen molar-refractivity contribution in [3.05, 3.63) is 42.0 Å². The molecular formula is C35H49N5O11S. The number of aryl methyl sites for hydroxylation is 1. The van der Waals surface area contributed by atoms with Gasteiger partial charge in [0.2, 0.25) is 21.8 Å². The molecule has 0 aromatic heterocycles. The number of fused-ring (bicyclic) bond motifs is 4. The minimum atomic E-state index is -3.93. The van der Waals surface area contributed by atoms with Gasteiger partial charge in [0.05, 0.1) is 24.0 Å². The Morgan fingerprint density at radius 2 is 1.77 bits per heavy atom. The average molecular weight is 748 g/mol. The topological polar surface area (TPSA) is 227 Å². The number of carboxylic acids is 1. The summed E-state index contributed by atoms with van der Waals surface area (Å²) in [6.07, 6.45) is 3.16. The number of amides is 5. The number of aromatic carboxylic acids is 1. The zero-order valence-corrected chi connectivity index (χ0v) is 30.6. The fourth-order valence-corrected chi connectivity index (χ4v) is 7.53. The highest BCUT2D eigenvalue weighted by molar-refractivity contribution is 7.90. The number of hydrogen-bond donors (Lipinski definition) is 5. The van der Waals surface area contributed by atoms with E-state index in [0.29, 0.717) is 43.4 Å². The fraction of sp³-hybridized carbons (Fsp3) is 0.600. The molecule has 17 heteroatoms. The van der Waals surface area contributed by atoms with Crippen molar-refractivity contribution in [2.45, 2.75) is 114 Å². The molecule has 5 N–H and O–H groups in total. The first-order chi connectivity index (χ1) is 24.5. The molecule has 1 aliphatic carbocycles. The van der Waals surface area contributed by atoms with Crippen molar-refractivity contribution in [2.75, 3.05) is 18.5 Å². The van der Waals surface area contributed by atoms with Crippen LogP contribution in [-0.4, -0.2) is 96.9 Å². The molecule has 4 bridgehead atoms. The van der Waals surface area contributed by atoms with Gasteiger partial charge in [-0.3, -0.25) is 24.4 Å². The van der Waals surface area contributed by atoms with Gasteiger partial charge in [-0.15, -0.1) is 6.58 Å². The van der Waals surface area contributed by atoms with Crippen molar-refractivity contribution in [3.63, 3.8) is 0 Å². The number of carbonyl (C=O) groups is 6. The Labute approximate surface area is 303 Å². The van der Waals surface area contributed by atoms with Gasteiger partial charge in [-0.2, -0.15) is 0 Å². The summed E-state index contributed by atoms with van der Waals surface area (Å²) < 4.78 is 38.0. The highest BCUT2D eigenvalue weighted by Gasteiger charge is 2.47. The number of nitrogens with zero attached hydrogens (tertiary/aromatic N) is 1. The van der Waals surface area contributed by atoms with Gasteiger partial charge in [-0.05, 0) is 67.7 Å². The van der Waals surface area contributed by atoms with Gasteiger partial charge in [-0.25, -0.2) is 22.8 Å². The van der Waals surface area contributed by atoms with Gasteiger partial charge >= 0.3 is 18.2 Å². The molecule has 52 heavy (non-hydrogen) atoms. The van der Waals surface area contributed by atoms with E-state index in [4.69, 9.17) is 9.47 Å². The molecule has 0 spiro atoms. The molecule has 1 aromatic rings. The minimum Gasteiger partial charge on any atom is -0.478 e. The van der Waals surface area contributed by atoms with Crippen molar-refractivity contribution >= 4 is 51.6 Å². The lowest BCUT2D eigenvalue weighted by Gasteiger charge is -2.35. The summed E-state index contributed by atoms with van der Waals surface area (Å²) in [5, 5.41) is 16.8. The van der Waals surface area contributed by atoms with E-state index < -0.39 is 80.8 Å². The fourth-order valence-electron chi connectivity index (χ4n) is 6.19. The van der Waals surface area contributed by atoms with Crippen molar-refractivity contribution in [2.24, 2.45) is 5.41 Å². The van der Waals surface area contributed by atoms with Crippen LogP contribution in [0.25, 0.3) is 0 Å². The Morgan fingerprint density at radius 3 is 2.42 bits per heavy atom. The Balaban J connectivity index is 1.61. The monoisotopic (exact) mass is 747 g/mol. The van der Waals surface area contributed by atoms with Gasteiger partial charge in [0.15, 0.2) is 0 Å². The summed E-state index contributed by atoms with van der Waals surface area (Å²) in [5.74, 6) is -3.55. The molecular weight excluding hydrogens is 698 g/mol. The molecule has 1 aromatic carbocycles. The Hall–Kier alpha value is -4.67. The number of hydrogen-bond acceptors (Lipinski definition) is 10. The van der Waals surface area contributed by atoms with E-state index in [1.54, 1.807) is 26.8 Å². The number of nitrogens with one attached hydrogen (secondary N) is 4. The number of cyclic esters (lactones) is 1. The summed E-state index contributed by atoms with van der Waals surface area (Å²) in [4.78, 5) is 80.1. The summed E-state index contributed by atoms with van der Waals surface area (Å²) in [6.45, 7) is 8.60. The van der Waals surface area contributed by atoms with Gasteiger partial charge in [0, 0.05) is 12.1 Å². The van der Waals surface area contributed by atoms with Gasteiger partial charge in [-0.1, -0.05) is 46.1 Å². The molecule has 5 amide bonds. The smallest absolute Gasteiger partial charge is 0.411 e. The second kappa shape index (κ2) is 17.2. The summed E-state index contributed by atoms with van der Waals surface area (Å²) in [6, 6.07) is 0.585. The summed E-state index contributed by atoms with van der Waals surface area (Å²) in [5.41, 5.74) is 0.0628. The second-order valence-electron chi connectivity index (χ2n) is 14.5. The van der Waals surface area contributed by atoms with Crippen LogP contribution in [0.5, 0.6) is 0 Å². The number of sulfonamides is 1. The third-order valence-corrected chi connectivity index (χ3v) is 11.0. The lowest BCUT2D eigenvalue weighted by molar-refractivity contribution is -0.142. The molecule has 3 aliphatic rings. The van der Waals surface area contributed by atoms with Crippen LogP contribution >= 0.6 is 0 Å². The van der Waals surface area contributed by atoms with Crippen molar-refractivity contribution < 1.29 is 51.8 Å². The quantitative estimate of drug-likeness (QED) is 0.243. The lowest BCUT2D eigenvalue weighted by atomic mass is 9.85. The first kappa shape index (κ1) is 40.1. The Morgan fingerprint density at radius 1 is 1.08 bits per heavy atom. The third kappa shape index (κ3) is 10.9. The number of alkyl carbamates (subject to hydrolysis) is 1. The number of carboxylic acid groups (broad SMARTS) is 1. The van der Waals surface area contributed by atoms with Crippen LogP contribution in [0, 0.1) is 5.41 Å². The highest BCUT2D eigenvalue weighted by Crippen LogP contribution is 2.29. The van der Waals surface area contributed by atoms with Crippen LogP contribution in [-0.2, 0) is 40.3 Å². The van der Waals surface area contributed by atoms with Crippen molar-refractivity contribution in [1.82, 2.24) is 20.3 Å². The highest BCUT2D eigenvalue weighted by atomic mass is 32.2. The average Bonchev–Trinajstić information content (AvgIpc) is 3.84. The normalized spacial score (nSPS) is 23.0. The van der Waals surface area contributed by atoms with Crippen LogP contribution in [0.2, 0.25) is 0 Å². The first-order valence-electron chi connectivity index (χ1n) is 17.5. The van der Waals surface area contributed by atoms with E-state index in [-0.39, 0.29) is 31.6 Å². The van der Waals surface area contributed by atoms with Gasteiger partial charge in [0.1, 0.15) is 24.2 Å². The second-order valence-corrected chi connectivity index (χ2v) is 16.4. The molecule has 2 aliphatic heterocycles. The van der Waals surface area contributed by atoms with E-state index in [9.17, 15) is 42.3 Å². The molecule has 2 heterocycles. The van der Waals surface area contributed by atoms with E-state index >= 15 is 0 Å².